The molecule has 0 spiro atoms. The van der Waals surface area contributed by atoms with Gasteiger partial charge in [0.2, 0.25) is 0 Å². The second kappa shape index (κ2) is 7.19. The molecule has 0 bridgehead atoms. The molecular weight excluding hydrogens is 300 g/mol. The Hall–Kier alpha value is -3.12. The van der Waals surface area contributed by atoms with Crippen LogP contribution in [0, 0.1) is 0 Å². The minimum atomic E-state index is 0.971. The molecule has 0 heterocycles. The van der Waals surface area contributed by atoms with Crippen LogP contribution < -0.4 is 0 Å². The first-order valence-electron chi connectivity index (χ1n) is 8.70. The van der Waals surface area contributed by atoms with Crippen molar-refractivity contribution in [2.24, 2.45) is 0 Å². The van der Waals surface area contributed by atoms with Crippen LogP contribution in [0.15, 0.2) is 109 Å². The van der Waals surface area contributed by atoms with Crippen LogP contribution in [0.5, 0.6) is 0 Å². The second-order valence-corrected chi connectivity index (χ2v) is 6.21. The number of benzene rings is 3. The van der Waals surface area contributed by atoms with Crippen molar-refractivity contribution in [3.8, 4) is 22.3 Å². The summed E-state index contributed by atoms with van der Waals surface area (Å²) in [5.41, 5.74) is 7.54. The van der Waals surface area contributed by atoms with E-state index in [0.29, 0.717) is 0 Å². The highest BCUT2D eigenvalue weighted by atomic mass is 14.1. The van der Waals surface area contributed by atoms with Gasteiger partial charge in [0.25, 0.3) is 0 Å². The molecule has 0 saturated carbocycles. The fourth-order valence-electron chi connectivity index (χ4n) is 3.18. The van der Waals surface area contributed by atoms with Crippen molar-refractivity contribution < 1.29 is 0 Å². The van der Waals surface area contributed by atoms with E-state index in [1.165, 1.54) is 33.4 Å². The van der Waals surface area contributed by atoms with Crippen molar-refractivity contribution in [1.82, 2.24) is 0 Å². The summed E-state index contributed by atoms with van der Waals surface area (Å²) >= 11 is 0. The Morgan fingerprint density at radius 3 is 1.68 bits per heavy atom. The number of hydrogen-bond donors (Lipinski definition) is 0. The molecule has 0 aliphatic heterocycles. The predicted octanol–water partition coefficient (Wildman–Crippen LogP) is 6.92. The highest BCUT2D eigenvalue weighted by Crippen LogP contribution is 2.31. The fraction of sp³-hybridized carbons (Fsp3) is 0.0400. The average molecular weight is 320 g/mol. The minimum Gasteiger partial charge on any atom is -0.0807 e. The molecule has 0 saturated heterocycles. The van der Waals surface area contributed by atoms with Crippen LogP contribution in [0.1, 0.15) is 12.0 Å². The van der Waals surface area contributed by atoms with Crippen LogP contribution >= 0.6 is 0 Å². The van der Waals surface area contributed by atoms with Gasteiger partial charge in [-0.3, -0.25) is 0 Å². The third-order valence-electron chi connectivity index (χ3n) is 4.48. The molecule has 25 heavy (non-hydrogen) atoms. The quantitative estimate of drug-likeness (QED) is 0.491. The number of rotatable bonds is 3. The van der Waals surface area contributed by atoms with E-state index in [1.807, 2.05) is 0 Å². The van der Waals surface area contributed by atoms with Crippen LogP contribution in [0.2, 0.25) is 0 Å². The number of hydrogen-bond acceptors (Lipinski definition) is 0. The van der Waals surface area contributed by atoms with Crippen LogP contribution in [0.4, 0.5) is 0 Å². The first-order valence-corrected chi connectivity index (χ1v) is 8.70. The van der Waals surface area contributed by atoms with Gasteiger partial charge in [-0.1, -0.05) is 91.0 Å². The van der Waals surface area contributed by atoms with Gasteiger partial charge in [0.1, 0.15) is 0 Å². The lowest BCUT2D eigenvalue weighted by atomic mass is 9.93. The zero-order chi connectivity index (χ0) is 16.9. The van der Waals surface area contributed by atoms with E-state index in [4.69, 9.17) is 0 Å². The van der Waals surface area contributed by atoms with E-state index < -0.39 is 0 Å². The smallest absolute Gasteiger partial charge is 0.0157 e. The predicted molar refractivity (Wildman–Crippen MR) is 108 cm³/mol. The Bertz CT molecular complexity index is 884. The second-order valence-electron chi connectivity index (χ2n) is 6.21. The van der Waals surface area contributed by atoms with E-state index in [9.17, 15) is 0 Å². The van der Waals surface area contributed by atoms with E-state index >= 15 is 0 Å². The summed E-state index contributed by atoms with van der Waals surface area (Å²) in [5.74, 6) is 0. The van der Waals surface area contributed by atoms with Gasteiger partial charge in [0.15, 0.2) is 0 Å². The highest BCUT2D eigenvalue weighted by molar-refractivity contribution is 5.83. The summed E-state index contributed by atoms with van der Waals surface area (Å²) in [4.78, 5) is 0. The molecule has 1 aliphatic carbocycles. The average Bonchev–Trinajstić information content (AvgIpc) is 2.99. The van der Waals surface area contributed by atoms with Crippen molar-refractivity contribution >= 4 is 5.57 Å². The van der Waals surface area contributed by atoms with Crippen molar-refractivity contribution in [3.63, 3.8) is 0 Å². The molecule has 0 amide bonds. The molecule has 0 heteroatoms. The van der Waals surface area contributed by atoms with Gasteiger partial charge in [0.05, 0.1) is 0 Å². The molecule has 120 valence electrons. The van der Waals surface area contributed by atoms with Crippen LogP contribution in [-0.2, 0) is 0 Å². The minimum absolute atomic E-state index is 0.971. The molecule has 3 aromatic rings. The molecule has 0 nitrogen and oxygen atoms in total. The normalized spacial score (nSPS) is 13.4. The topological polar surface area (TPSA) is 0 Å². The maximum atomic E-state index is 2.29. The fourth-order valence-corrected chi connectivity index (χ4v) is 3.18. The molecule has 0 unspecified atom stereocenters. The van der Waals surface area contributed by atoms with Gasteiger partial charge >= 0.3 is 0 Å². The Kier molecular flexibility index (Phi) is 4.43. The highest BCUT2D eigenvalue weighted by Gasteiger charge is 2.07. The maximum absolute atomic E-state index is 2.29. The lowest BCUT2D eigenvalue weighted by molar-refractivity contribution is 1.40. The standard InChI is InChI=1S/C25H20/c1-2-6-12-20(11-5-1)23-17-24(21-13-7-3-8-14-21)19-25(18-23)22-15-9-4-10-16-22/h1-5,7-19H,6H2. The van der Waals surface area contributed by atoms with Gasteiger partial charge in [-0.2, -0.15) is 0 Å². The van der Waals surface area contributed by atoms with Crippen molar-refractivity contribution in [3.05, 3.63) is 115 Å². The molecule has 0 N–H and O–H groups in total. The summed E-state index contributed by atoms with van der Waals surface area (Å²) in [6.07, 6.45) is 11.9. The summed E-state index contributed by atoms with van der Waals surface area (Å²) in [6, 6.07) is 28.1. The van der Waals surface area contributed by atoms with Crippen LogP contribution in [-0.4, -0.2) is 0 Å². The zero-order valence-corrected chi connectivity index (χ0v) is 14.1. The van der Waals surface area contributed by atoms with Gasteiger partial charge in [0, 0.05) is 0 Å². The molecule has 0 radical (unpaired) electrons. The first-order chi connectivity index (χ1) is 12.4. The van der Waals surface area contributed by atoms with E-state index in [1.54, 1.807) is 0 Å². The number of allylic oxidation sites excluding steroid dienone is 6. The monoisotopic (exact) mass is 320 g/mol. The van der Waals surface area contributed by atoms with Crippen molar-refractivity contribution in [2.75, 3.05) is 0 Å². The molecule has 0 fully saturated rings. The van der Waals surface area contributed by atoms with E-state index in [-0.39, 0.29) is 0 Å². The molecule has 4 rings (SSSR count). The Morgan fingerprint density at radius 2 is 1.08 bits per heavy atom. The van der Waals surface area contributed by atoms with Crippen molar-refractivity contribution in [1.29, 1.82) is 0 Å². The maximum Gasteiger partial charge on any atom is -0.0157 e. The summed E-state index contributed by atoms with van der Waals surface area (Å²) in [7, 11) is 0. The van der Waals surface area contributed by atoms with Crippen molar-refractivity contribution in [2.45, 2.75) is 6.42 Å². The molecule has 0 atom stereocenters. The molecule has 0 aromatic heterocycles. The van der Waals surface area contributed by atoms with Gasteiger partial charge < -0.3 is 0 Å². The molecule has 1 aliphatic rings. The van der Waals surface area contributed by atoms with Gasteiger partial charge in [-0.15, -0.1) is 0 Å². The largest absolute Gasteiger partial charge is 0.0807 e. The van der Waals surface area contributed by atoms with E-state index in [0.717, 1.165) is 6.42 Å². The van der Waals surface area contributed by atoms with Gasteiger partial charge in [-0.25, -0.2) is 0 Å². The Morgan fingerprint density at radius 1 is 0.520 bits per heavy atom. The lowest BCUT2D eigenvalue weighted by Crippen LogP contribution is -1.88. The van der Waals surface area contributed by atoms with Gasteiger partial charge in [-0.05, 0) is 58.0 Å². The summed E-state index contributed by atoms with van der Waals surface area (Å²) in [5, 5.41) is 0. The summed E-state index contributed by atoms with van der Waals surface area (Å²) in [6.45, 7) is 0. The van der Waals surface area contributed by atoms with Crippen LogP contribution in [0.25, 0.3) is 27.8 Å². The third kappa shape index (κ3) is 3.54. The molecular formula is C25H20. The Balaban J connectivity index is 1.88. The lowest BCUT2D eigenvalue weighted by Gasteiger charge is -2.12. The third-order valence-corrected chi connectivity index (χ3v) is 4.48. The first kappa shape index (κ1) is 15.4. The summed E-state index contributed by atoms with van der Waals surface area (Å²) < 4.78 is 0. The van der Waals surface area contributed by atoms with E-state index in [2.05, 4.69) is 109 Å². The Labute approximate surface area is 149 Å². The van der Waals surface area contributed by atoms with Crippen LogP contribution in [0.3, 0.4) is 0 Å². The zero-order valence-electron chi connectivity index (χ0n) is 14.1. The molecule has 3 aromatic carbocycles. The SMILES string of the molecule is C1=CCC=C(c2cc(-c3ccccc3)cc(-c3ccccc3)c2)C=C1.